The van der Waals surface area contributed by atoms with E-state index < -0.39 is 0 Å². The largest absolute Gasteiger partial charge is 0.487 e. The number of nitrogens with two attached hydrogens (primary N) is 1. The minimum absolute atomic E-state index is 0.0122. The van der Waals surface area contributed by atoms with Crippen LogP contribution in [0.15, 0.2) is 60.9 Å². The number of anilines is 1. The quantitative estimate of drug-likeness (QED) is 0.299. The van der Waals surface area contributed by atoms with Crippen LogP contribution in [0.1, 0.15) is 30.9 Å². The molecule has 0 aliphatic carbocycles. The zero-order valence-electron chi connectivity index (χ0n) is 22.5. The Kier molecular flexibility index (Phi) is 7.84. The maximum atomic E-state index is 13.5. The SMILES string of the molecule is Nc1ncnc2c1c(-c1ccc(OCc3cccc(F)c3)c(Cl)c1)nn2C1CCN(C(=O)/C=C/CN2CCCC2)C1. The third-order valence-electron chi connectivity index (χ3n) is 7.65. The number of aromatic nitrogens is 4. The third-order valence-corrected chi connectivity index (χ3v) is 7.95. The van der Waals surface area contributed by atoms with Gasteiger partial charge in [-0.25, -0.2) is 19.0 Å². The maximum absolute atomic E-state index is 13.5. The van der Waals surface area contributed by atoms with Crippen LogP contribution in [-0.2, 0) is 11.4 Å². The number of carbonyl (C=O) groups is 1. The standard InChI is InChI=1S/C30H31ClFN7O2/c31-24-16-21(8-9-25(24)41-18-20-5-3-6-22(32)15-20)28-27-29(33)34-19-35-30(27)39(36-28)23-10-14-38(17-23)26(40)7-4-13-37-11-1-2-12-37/h3-9,15-16,19,23H,1-2,10-14,17-18H2,(H2,33,34,35)/b7-4+. The van der Waals surface area contributed by atoms with Crippen molar-refractivity contribution in [2.75, 3.05) is 38.5 Å². The highest BCUT2D eigenvalue weighted by atomic mass is 35.5. The van der Waals surface area contributed by atoms with Crippen LogP contribution >= 0.6 is 11.6 Å². The van der Waals surface area contributed by atoms with Crippen LogP contribution in [0.2, 0.25) is 5.02 Å². The summed E-state index contributed by atoms with van der Waals surface area (Å²) in [5, 5.41) is 5.93. The Balaban J connectivity index is 1.20. The van der Waals surface area contributed by atoms with E-state index >= 15 is 0 Å². The fourth-order valence-electron chi connectivity index (χ4n) is 5.52. The molecule has 6 rings (SSSR count). The summed E-state index contributed by atoms with van der Waals surface area (Å²) < 4.78 is 21.2. The number of nitrogens with zero attached hydrogens (tertiary/aromatic N) is 6. The van der Waals surface area contributed by atoms with Crippen molar-refractivity contribution in [1.82, 2.24) is 29.5 Å². The maximum Gasteiger partial charge on any atom is 0.246 e. The molecule has 2 fully saturated rings. The molecule has 4 heterocycles. The van der Waals surface area contributed by atoms with Gasteiger partial charge in [-0.3, -0.25) is 9.69 Å². The summed E-state index contributed by atoms with van der Waals surface area (Å²) in [4.78, 5) is 25.8. The summed E-state index contributed by atoms with van der Waals surface area (Å²) in [5.41, 5.74) is 8.95. The molecule has 4 aromatic rings. The highest BCUT2D eigenvalue weighted by Gasteiger charge is 2.30. The minimum atomic E-state index is -0.321. The number of halogens is 2. The van der Waals surface area contributed by atoms with Crippen molar-refractivity contribution < 1.29 is 13.9 Å². The Hall–Kier alpha value is -4.02. The Morgan fingerprint density at radius 2 is 2.00 bits per heavy atom. The summed E-state index contributed by atoms with van der Waals surface area (Å²) in [6, 6.07) is 11.5. The average Bonchev–Trinajstić information content (AvgIpc) is 3.73. The topological polar surface area (TPSA) is 102 Å². The molecule has 2 N–H and O–H groups in total. The second kappa shape index (κ2) is 11.8. The van der Waals surface area contributed by atoms with Crippen molar-refractivity contribution in [3.8, 4) is 17.0 Å². The van der Waals surface area contributed by atoms with Crippen molar-refractivity contribution in [3.63, 3.8) is 0 Å². The molecule has 2 aliphatic rings. The third kappa shape index (κ3) is 5.89. The molecule has 1 atom stereocenters. The molecule has 2 aromatic heterocycles. The van der Waals surface area contributed by atoms with Crippen LogP contribution in [0.5, 0.6) is 5.75 Å². The van der Waals surface area contributed by atoms with E-state index in [4.69, 9.17) is 27.2 Å². The molecule has 0 spiro atoms. The van der Waals surface area contributed by atoms with Crippen LogP contribution in [0.3, 0.4) is 0 Å². The summed E-state index contributed by atoms with van der Waals surface area (Å²) >= 11 is 6.59. The number of carbonyl (C=O) groups excluding carboxylic acids is 1. The lowest BCUT2D eigenvalue weighted by atomic mass is 10.1. The molecule has 9 nitrogen and oxygen atoms in total. The van der Waals surface area contributed by atoms with E-state index in [0.717, 1.165) is 31.6 Å². The van der Waals surface area contributed by atoms with Crippen molar-refractivity contribution >= 4 is 34.4 Å². The number of amides is 1. The second-order valence-corrected chi connectivity index (χ2v) is 10.9. The smallest absolute Gasteiger partial charge is 0.246 e. The number of hydrogen-bond acceptors (Lipinski definition) is 7. The first-order valence-electron chi connectivity index (χ1n) is 13.8. The van der Waals surface area contributed by atoms with Gasteiger partial charge in [0.15, 0.2) is 5.65 Å². The molecule has 2 aromatic carbocycles. The van der Waals surface area contributed by atoms with Crippen LogP contribution in [0.4, 0.5) is 10.2 Å². The van der Waals surface area contributed by atoms with Crippen LogP contribution in [0, 0.1) is 5.82 Å². The molecule has 11 heteroatoms. The summed E-state index contributed by atoms with van der Waals surface area (Å²) in [6.45, 7) is 4.35. The minimum Gasteiger partial charge on any atom is -0.487 e. The van der Waals surface area contributed by atoms with Gasteiger partial charge < -0.3 is 15.4 Å². The van der Waals surface area contributed by atoms with Gasteiger partial charge in [-0.2, -0.15) is 5.10 Å². The van der Waals surface area contributed by atoms with Gasteiger partial charge in [0, 0.05) is 31.3 Å². The lowest BCUT2D eigenvalue weighted by molar-refractivity contribution is -0.125. The van der Waals surface area contributed by atoms with Gasteiger partial charge >= 0.3 is 0 Å². The molecule has 212 valence electrons. The van der Waals surface area contributed by atoms with Crippen molar-refractivity contribution in [3.05, 3.63) is 77.3 Å². The Labute approximate surface area is 242 Å². The Morgan fingerprint density at radius 3 is 2.80 bits per heavy atom. The molecular weight excluding hydrogens is 545 g/mol. The fourth-order valence-corrected chi connectivity index (χ4v) is 5.76. The monoisotopic (exact) mass is 575 g/mol. The van der Waals surface area contributed by atoms with E-state index in [-0.39, 0.29) is 24.4 Å². The average molecular weight is 576 g/mol. The van der Waals surface area contributed by atoms with Gasteiger partial charge in [0.1, 0.15) is 36.0 Å². The van der Waals surface area contributed by atoms with Crippen molar-refractivity contribution in [2.45, 2.75) is 31.9 Å². The van der Waals surface area contributed by atoms with Crippen LogP contribution in [0.25, 0.3) is 22.3 Å². The lowest BCUT2D eigenvalue weighted by Gasteiger charge is -2.15. The second-order valence-electron chi connectivity index (χ2n) is 10.5. The summed E-state index contributed by atoms with van der Waals surface area (Å²) in [7, 11) is 0. The molecule has 2 saturated heterocycles. The number of nitrogen functional groups attached to an aromatic ring is 1. The van der Waals surface area contributed by atoms with E-state index in [0.29, 0.717) is 52.0 Å². The predicted octanol–water partition coefficient (Wildman–Crippen LogP) is 4.87. The summed E-state index contributed by atoms with van der Waals surface area (Å²) in [6.07, 6.45) is 8.28. The molecule has 41 heavy (non-hydrogen) atoms. The van der Waals surface area contributed by atoms with Crippen LogP contribution < -0.4 is 10.5 Å². The van der Waals surface area contributed by atoms with Gasteiger partial charge in [0.2, 0.25) is 5.91 Å². The first kappa shape index (κ1) is 27.2. The van der Waals surface area contributed by atoms with Crippen molar-refractivity contribution in [1.29, 1.82) is 0 Å². The number of ether oxygens (including phenoxy) is 1. The molecule has 1 amide bonds. The van der Waals surface area contributed by atoms with Gasteiger partial charge in [-0.15, -0.1) is 0 Å². The lowest BCUT2D eigenvalue weighted by Crippen LogP contribution is -2.28. The predicted molar refractivity (Wildman–Crippen MR) is 156 cm³/mol. The van der Waals surface area contributed by atoms with Crippen molar-refractivity contribution in [2.24, 2.45) is 0 Å². The number of hydrogen-bond donors (Lipinski definition) is 1. The first-order valence-corrected chi connectivity index (χ1v) is 14.2. The van der Waals surface area contributed by atoms with E-state index in [1.165, 1.54) is 31.3 Å². The highest BCUT2D eigenvalue weighted by Crippen LogP contribution is 2.37. The highest BCUT2D eigenvalue weighted by molar-refractivity contribution is 6.32. The number of benzene rings is 2. The Morgan fingerprint density at radius 1 is 1.15 bits per heavy atom. The van der Waals surface area contributed by atoms with Gasteiger partial charge in [0.25, 0.3) is 0 Å². The number of fused-ring (bicyclic) bond motifs is 1. The van der Waals surface area contributed by atoms with Gasteiger partial charge in [-0.1, -0.05) is 29.8 Å². The molecule has 0 radical (unpaired) electrons. The molecular formula is C30H31ClFN7O2. The zero-order valence-corrected chi connectivity index (χ0v) is 23.3. The molecule has 1 unspecified atom stereocenters. The van der Waals surface area contributed by atoms with E-state index in [1.807, 2.05) is 21.7 Å². The molecule has 0 saturated carbocycles. The zero-order chi connectivity index (χ0) is 28.3. The number of likely N-dealkylation sites (tertiary alicyclic amines) is 2. The molecule has 2 aliphatic heterocycles. The van der Waals surface area contributed by atoms with E-state index in [1.54, 1.807) is 30.3 Å². The normalized spacial score (nSPS) is 17.7. The van der Waals surface area contributed by atoms with Gasteiger partial charge in [0.05, 0.1) is 16.5 Å². The Bertz CT molecular complexity index is 1600. The fraction of sp³-hybridized carbons (Fsp3) is 0.333. The molecule has 0 bridgehead atoms. The summed E-state index contributed by atoms with van der Waals surface area (Å²) in [5.74, 6) is 0.474. The first-order chi connectivity index (χ1) is 20.0. The van der Waals surface area contributed by atoms with Crippen LogP contribution in [-0.4, -0.2) is 68.2 Å². The van der Waals surface area contributed by atoms with E-state index in [2.05, 4.69) is 14.9 Å². The van der Waals surface area contributed by atoms with E-state index in [9.17, 15) is 9.18 Å². The van der Waals surface area contributed by atoms with Gasteiger partial charge in [-0.05, 0) is 68.2 Å². The number of rotatable bonds is 8.